The lowest BCUT2D eigenvalue weighted by Crippen LogP contribution is -2.13. The van der Waals surface area contributed by atoms with E-state index >= 15 is 0 Å². The molecule has 0 bridgehead atoms. The Morgan fingerprint density at radius 2 is 1.66 bits per heavy atom. The summed E-state index contributed by atoms with van der Waals surface area (Å²) in [6, 6.07) is 20.5. The number of carbonyl (C=O) groups is 2. The van der Waals surface area contributed by atoms with Gasteiger partial charge >= 0.3 is 0 Å². The van der Waals surface area contributed by atoms with Crippen molar-refractivity contribution in [1.29, 1.82) is 0 Å². The number of aromatic nitrogens is 1. The zero-order valence-corrected chi connectivity index (χ0v) is 16.9. The molecule has 0 saturated heterocycles. The molecule has 4 rings (SSSR count). The maximum atomic E-state index is 12.5. The van der Waals surface area contributed by atoms with Crippen LogP contribution in [0.1, 0.15) is 30.5 Å². The highest BCUT2D eigenvalue weighted by atomic mass is 32.1. The predicted octanol–water partition coefficient (Wildman–Crippen LogP) is 5.30. The molecule has 7 heteroatoms. The summed E-state index contributed by atoms with van der Waals surface area (Å²) >= 11 is 2.84. The SMILES string of the molecule is O=C(Nc1ncc(Cc2ccccc2)s1)c1ccc(NC(=O)c2cccs2)cc1. The standard InChI is InChI=1S/C22H17N3O2S2/c26-20(25-22-23-14-18(29-22)13-15-5-2-1-3-6-15)16-8-10-17(11-9-16)24-21(27)19-7-4-12-28-19/h1-12,14H,13H2,(H,24,27)(H,23,25,26). The number of carbonyl (C=O) groups excluding carboxylic acids is 2. The molecular weight excluding hydrogens is 402 g/mol. The topological polar surface area (TPSA) is 71.1 Å². The molecule has 0 aliphatic carbocycles. The molecule has 29 heavy (non-hydrogen) atoms. The Labute approximate surface area is 176 Å². The summed E-state index contributed by atoms with van der Waals surface area (Å²) in [5.74, 6) is -0.396. The molecule has 0 spiro atoms. The van der Waals surface area contributed by atoms with E-state index in [1.165, 1.54) is 28.2 Å². The minimum atomic E-state index is -0.234. The van der Waals surface area contributed by atoms with E-state index < -0.39 is 0 Å². The van der Waals surface area contributed by atoms with E-state index in [9.17, 15) is 9.59 Å². The summed E-state index contributed by atoms with van der Waals surface area (Å²) in [6.45, 7) is 0. The first kappa shape index (κ1) is 19.0. The lowest BCUT2D eigenvalue weighted by Gasteiger charge is -2.05. The normalized spacial score (nSPS) is 10.5. The van der Waals surface area contributed by atoms with Crippen LogP contribution in [0.5, 0.6) is 0 Å². The van der Waals surface area contributed by atoms with Crippen LogP contribution in [-0.4, -0.2) is 16.8 Å². The average Bonchev–Trinajstić information content (AvgIpc) is 3.42. The average molecular weight is 420 g/mol. The molecule has 2 aromatic carbocycles. The highest BCUT2D eigenvalue weighted by Gasteiger charge is 2.11. The highest BCUT2D eigenvalue weighted by Crippen LogP contribution is 2.22. The van der Waals surface area contributed by atoms with Gasteiger partial charge in [0, 0.05) is 28.7 Å². The number of anilines is 2. The van der Waals surface area contributed by atoms with Crippen LogP contribution in [0.4, 0.5) is 10.8 Å². The molecule has 0 atom stereocenters. The van der Waals surface area contributed by atoms with Gasteiger partial charge in [0.05, 0.1) is 4.88 Å². The van der Waals surface area contributed by atoms with E-state index in [0.29, 0.717) is 21.3 Å². The second kappa shape index (κ2) is 8.81. The second-order valence-corrected chi connectivity index (χ2v) is 8.32. The number of hydrogen-bond acceptors (Lipinski definition) is 5. The molecule has 144 valence electrons. The van der Waals surface area contributed by atoms with Crippen LogP contribution in [0.3, 0.4) is 0 Å². The van der Waals surface area contributed by atoms with Gasteiger partial charge in [-0.05, 0) is 41.3 Å². The first-order valence-electron chi connectivity index (χ1n) is 8.92. The Morgan fingerprint density at radius 3 is 2.38 bits per heavy atom. The van der Waals surface area contributed by atoms with Gasteiger partial charge in [-0.1, -0.05) is 36.4 Å². The third-order valence-corrected chi connectivity index (χ3v) is 5.93. The maximum Gasteiger partial charge on any atom is 0.265 e. The predicted molar refractivity (Wildman–Crippen MR) is 118 cm³/mol. The van der Waals surface area contributed by atoms with Gasteiger partial charge in [0.1, 0.15) is 0 Å². The van der Waals surface area contributed by atoms with Gasteiger partial charge < -0.3 is 5.32 Å². The van der Waals surface area contributed by atoms with E-state index in [4.69, 9.17) is 0 Å². The monoisotopic (exact) mass is 419 g/mol. The molecule has 0 saturated carbocycles. The molecule has 0 radical (unpaired) electrons. The minimum Gasteiger partial charge on any atom is -0.321 e. The van der Waals surface area contributed by atoms with Crippen LogP contribution in [0.15, 0.2) is 78.3 Å². The van der Waals surface area contributed by atoms with E-state index in [1.54, 1.807) is 36.5 Å². The van der Waals surface area contributed by atoms with Crippen molar-refractivity contribution in [2.75, 3.05) is 10.6 Å². The number of nitrogens with zero attached hydrogens (tertiary/aromatic N) is 1. The number of amides is 2. The third-order valence-electron chi connectivity index (χ3n) is 4.15. The van der Waals surface area contributed by atoms with Gasteiger partial charge in [0.15, 0.2) is 5.13 Å². The quantitative estimate of drug-likeness (QED) is 0.445. The molecule has 2 amide bonds. The number of hydrogen-bond donors (Lipinski definition) is 2. The van der Waals surface area contributed by atoms with Crippen molar-refractivity contribution in [3.63, 3.8) is 0 Å². The van der Waals surface area contributed by atoms with Gasteiger partial charge in [-0.3, -0.25) is 14.9 Å². The Hall–Kier alpha value is -3.29. The van der Waals surface area contributed by atoms with Crippen LogP contribution < -0.4 is 10.6 Å². The van der Waals surface area contributed by atoms with Crippen molar-refractivity contribution >= 4 is 45.3 Å². The molecule has 2 N–H and O–H groups in total. The number of thiophene rings is 1. The summed E-state index contributed by atoms with van der Waals surface area (Å²) in [6.07, 6.45) is 2.57. The number of thiazole rings is 1. The Bertz CT molecular complexity index is 1100. The van der Waals surface area contributed by atoms with Crippen LogP contribution >= 0.6 is 22.7 Å². The molecule has 0 unspecified atom stereocenters. The lowest BCUT2D eigenvalue weighted by atomic mass is 10.1. The van der Waals surface area contributed by atoms with Gasteiger partial charge in [0.25, 0.3) is 11.8 Å². The zero-order chi connectivity index (χ0) is 20.1. The van der Waals surface area contributed by atoms with Crippen LogP contribution in [0.2, 0.25) is 0 Å². The molecule has 0 aliphatic rings. The van der Waals surface area contributed by atoms with Crippen molar-refractivity contribution in [2.24, 2.45) is 0 Å². The van der Waals surface area contributed by atoms with Gasteiger partial charge in [-0.2, -0.15) is 0 Å². The summed E-state index contributed by atoms with van der Waals surface area (Å²) in [5.41, 5.74) is 2.34. The molecule has 2 aromatic heterocycles. The van der Waals surface area contributed by atoms with E-state index in [2.05, 4.69) is 27.8 Å². The first-order chi connectivity index (χ1) is 14.2. The minimum absolute atomic E-state index is 0.161. The Morgan fingerprint density at radius 1 is 0.862 bits per heavy atom. The fourth-order valence-corrected chi connectivity index (χ4v) is 4.18. The van der Waals surface area contributed by atoms with Crippen molar-refractivity contribution < 1.29 is 9.59 Å². The summed E-state index contributed by atoms with van der Waals surface area (Å²) in [4.78, 5) is 30.6. The van der Waals surface area contributed by atoms with Gasteiger partial charge in [-0.25, -0.2) is 4.98 Å². The Kier molecular flexibility index (Phi) is 5.79. The van der Waals surface area contributed by atoms with Gasteiger partial charge in [-0.15, -0.1) is 22.7 Å². The third kappa shape index (κ3) is 4.96. The molecule has 0 fully saturated rings. The Balaban J connectivity index is 1.35. The van der Waals surface area contributed by atoms with Crippen molar-refractivity contribution in [3.05, 3.63) is 99.2 Å². The smallest absolute Gasteiger partial charge is 0.265 e. The van der Waals surface area contributed by atoms with E-state index in [-0.39, 0.29) is 11.8 Å². The van der Waals surface area contributed by atoms with Crippen molar-refractivity contribution in [1.82, 2.24) is 4.98 Å². The van der Waals surface area contributed by atoms with Crippen molar-refractivity contribution in [2.45, 2.75) is 6.42 Å². The lowest BCUT2D eigenvalue weighted by molar-refractivity contribution is 0.102. The first-order valence-corrected chi connectivity index (χ1v) is 10.6. The molecule has 4 aromatic rings. The van der Waals surface area contributed by atoms with Crippen LogP contribution in [0.25, 0.3) is 0 Å². The number of rotatable bonds is 6. The maximum absolute atomic E-state index is 12.5. The number of nitrogens with one attached hydrogen (secondary N) is 2. The summed E-state index contributed by atoms with van der Waals surface area (Å²) in [5, 5.41) is 8.07. The molecule has 2 heterocycles. The largest absolute Gasteiger partial charge is 0.321 e. The van der Waals surface area contributed by atoms with Crippen LogP contribution in [-0.2, 0) is 6.42 Å². The highest BCUT2D eigenvalue weighted by molar-refractivity contribution is 7.15. The van der Waals surface area contributed by atoms with E-state index in [1.807, 2.05) is 29.6 Å². The van der Waals surface area contributed by atoms with Crippen LogP contribution in [0, 0.1) is 0 Å². The fourth-order valence-electron chi connectivity index (χ4n) is 2.72. The summed E-state index contributed by atoms with van der Waals surface area (Å²) < 4.78 is 0. The van der Waals surface area contributed by atoms with Crippen molar-refractivity contribution in [3.8, 4) is 0 Å². The zero-order valence-electron chi connectivity index (χ0n) is 15.3. The second-order valence-electron chi connectivity index (χ2n) is 6.26. The summed E-state index contributed by atoms with van der Waals surface area (Å²) in [7, 11) is 0. The molecule has 5 nitrogen and oxygen atoms in total. The van der Waals surface area contributed by atoms with Gasteiger partial charge in [0.2, 0.25) is 0 Å². The molecular formula is C22H17N3O2S2. The van der Waals surface area contributed by atoms with E-state index in [0.717, 1.165) is 11.3 Å². The molecule has 0 aliphatic heterocycles. The fraction of sp³-hybridized carbons (Fsp3) is 0.0455. The number of benzene rings is 2.